The number of ether oxygens (including phenoxy) is 1. The van der Waals surface area contributed by atoms with Crippen LogP contribution >= 0.6 is 0 Å². The molecule has 1 N–H and O–H groups in total. The third kappa shape index (κ3) is 5.19. The van der Waals surface area contributed by atoms with Gasteiger partial charge in [-0.1, -0.05) is 24.3 Å². The summed E-state index contributed by atoms with van der Waals surface area (Å²) < 4.78 is 35.1. The fourth-order valence-electron chi connectivity index (χ4n) is 2.88. The molecule has 0 atom stereocenters. The molecule has 1 aromatic heterocycles. The predicted octanol–water partition coefficient (Wildman–Crippen LogP) is 3.27. The van der Waals surface area contributed by atoms with E-state index in [0.29, 0.717) is 0 Å². The Morgan fingerprint density at radius 3 is 2.50 bits per heavy atom. The van der Waals surface area contributed by atoms with Crippen molar-refractivity contribution in [3.8, 4) is 0 Å². The first-order valence-corrected chi connectivity index (χ1v) is 10.9. The Kier molecular flexibility index (Phi) is 6.69. The van der Waals surface area contributed by atoms with Crippen LogP contribution in [0.25, 0.3) is 0 Å². The normalized spacial score (nSPS) is 11.0. The van der Waals surface area contributed by atoms with Crippen molar-refractivity contribution in [2.75, 3.05) is 11.9 Å². The number of amides is 1. The fraction of sp³-hybridized carbons (Fsp3) is 0.143. The van der Waals surface area contributed by atoms with Crippen LogP contribution < -0.4 is 5.32 Å². The minimum absolute atomic E-state index is 0.0900. The number of benzene rings is 2. The number of furan rings is 1. The van der Waals surface area contributed by atoms with Gasteiger partial charge in [0.25, 0.3) is 11.6 Å². The van der Waals surface area contributed by atoms with Gasteiger partial charge in [-0.05, 0) is 31.2 Å². The van der Waals surface area contributed by atoms with Gasteiger partial charge in [0.2, 0.25) is 5.76 Å². The van der Waals surface area contributed by atoms with Crippen molar-refractivity contribution in [1.29, 1.82) is 0 Å². The molecule has 0 aliphatic heterocycles. The quantitative estimate of drug-likeness (QED) is 0.307. The number of sulfone groups is 1. The Morgan fingerprint density at radius 1 is 1.09 bits per heavy atom. The first-order chi connectivity index (χ1) is 15.2. The molecule has 0 spiro atoms. The Bertz CT molecular complexity index is 1270. The molecular weight excluding hydrogens is 440 g/mol. The van der Waals surface area contributed by atoms with Gasteiger partial charge in [0.1, 0.15) is 0 Å². The average molecular weight is 458 g/mol. The molecule has 0 bridgehead atoms. The minimum atomic E-state index is -3.73. The number of hydrogen-bond acceptors (Lipinski definition) is 8. The van der Waals surface area contributed by atoms with E-state index in [-0.39, 0.29) is 33.2 Å². The van der Waals surface area contributed by atoms with Gasteiger partial charge < -0.3 is 14.5 Å². The number of rotatable bonds is 8. The van der Waals surface area contributed by atoms with Gasteiger partial charge in [0.15, 0.2) is 16.4 Å². The molecule has 10 nitrogen and oxygen atoms in total. The highest BCUT2D eigenvalue weighted by Crippen LogP contribution is 2.25. The van der Waals surface area contributed by atoms with Crippen LogP contribution in [0.3, 0.4) is 0 Å². The Morgan fingerprint density at radius 2 is 1.81 bits per heavy atom. The molecule has 1 heterocycles. The molecule has 3 rings (SSSR count). The Hall–Kier alpha value is -3.99. The molecular formula is C21H18N2O8S. The van der Waals surface area contributed by atoms with Crippen molar-refractivity contribution in [2.45, 2.75) is 17.6 Å². The number of nitro benzene ring substituents is 1. The molecule has 0 saturated heterocycles. The number of nitro groups is 1. The van der Waals surface area contributed by atoms with E-state index in [4.69, 9.17) is 9.15 Å². The van der Waals surface area contributed by atoms with Crippen LogP contribution in [-0.2, 0) is 25.1 Å². The van der Waals surface area contributed by atoms with Crippen LogP contribution in [-0.4, -0.2) is 31.8 Å². The van der Waals surface area contributed by atoms with Crippen molar-refractivity contribution in [3.63, 3.8) is 0 Å². The molecule has 0 saturated carbocycles. The molecule has 3 aromatic rings. The second-order valence-electron chi connectivity index (χ2n) is 6.68. The van der Waals surface area contributed by atoms with E-state index in [1.165, 1.54) is 43.3 Å². The highest BCUT2D eigenvalue weighted by atomic mass is 32.2. The second-order valence-corrected chi connectivity index (χ2v) is 8.67. The van der Waals surface area contributed by atoms with Crippen LogP contribution in [0.1, 0.15) is 21.7 Å². The number of carbonyl (C=O) groups excluding carboxylic acids is 2. The zero-order valence-corrected chi connectivity index (χ0v) is 17.6. The second kappa shape index (κ2) is 9.43. The summed E-state index contributed by atoms with van der Waals surface area (Å²) in [5.74, 6) is -2.56. The molecule has 0 fully saturated rings. The van der Waals surface area contributed by atoms with Crippen LogP contribution in [0.5, 0.6) is 0 Å². The molecule has 11 heteroatoms. The van der Waals surface area contributed by atoms with Crippen molar-refractivity contribution in [2.24, 2.45) is 0 Å². The summed E-state index contributed by atoms with van der Waals surface area (Å²) in [7, 11) is -3.73. The molecule has 32 heavy (non-hydrogen) atoms. The zero-order chi connectivity index (χ0) is 23.3. The van der Waals surface area contributed by atoms with Crippen LogP contribution in [0.2, 0.25) is 0 Å². The lowest BCUT2D eigenvalue weighted by molar-refractivity contribution is -0.385. The summed E-state index contributed by atoms with van der Waals surface area (Å²) in [5.41, 5.74) is 0.373. The molecule has 166 valence electrons. The topological polar surface area (TPSA) is 146 Å². The molecule has 1 amide bonds. The number of carbonyl (C=O) groups is 2. The lowest BCUT2D eigenvalue weighted by Crippen LogP contribution is -2.22. The van der Waals surface area contributed by atoms with Gasteiger partial charge in [0.05, 0.1) is 33.1 Å². The van der Waals surface area contributed by atoms with E-state index in [1.54, 1.807) is 18.2 Å². The maximum Gasteiger partial charge on any atom is 0.375 e. The van der Waals surface area contributed by atoms with E-state index < -0.39 is 39.0 Å². The predicted molar refractivity (Wildman–Crippen MR) is 113 cm³/mol. The van der Waals surface area contributed by atoms with Crippen molar-refractivity contribution in [3.05, 3.63) is 87.9 Å². The monoisotopic (exact) mass is 458 g/mol. The Balaban J connectivity index is 1.64. The summed E-state index contributed by atoms with van der Waals surface area (Å²) in [5, 5.41) is 13.4. The molecule has 0 unspecified atom stereocenters. The van der Waals surface area contributed by atoms with Gasteiger partial charge in [-0.25, -0.2) is 13.2 Å². The fourth-order valence-corrected chi connectivity index (χ4v) is 4.26. The SMILES string of the molecule is Cc1c(NC(=O)COC(=O)c2occc2CS(=O)(=O)c2ccccc2)cccc1[N+](=O)[O-]. The van der Waals surface area contributed by atoms with E-state index >= 15 is 0 Å². The number of anilines is 1. The molecule has 0 aliphatic rings. The van der Waals surface area contributed by atoms with E-state index in [2.05, 4.69) is 5.32 Å². The molecule has 2 aromatic carbocycles. The minimum Gasteiger partial charge on any atom is -0.457 e. The number of nitrogens with one attached hydrogen (secondary N) is 1. The molecule has 0 aliphatic carbocycles. The number of hydrogen-bond donors (Lipinski definition) is 1. The maximum atomic E-state index is 12.5. The first-order valence-electron chi connectivity index (χ1n) is 9.24. The summed E-state index contributed by atoms with van der Waals surface area (Å²) in [6.45, 7) is 0.772. The number of nitrogens with zero attached hydrogens (tertiary/aromatic N) is 1. The average Bonchev–Trinajstić information content (AvgIpc) is 3.21. The summed E-state index contributed by atoms with van der Waals surface area (Å²) >= 11 is 0. The number of esters is 1. The summed E-state index contributed by atoms with van der Waals surface area (Å²) in [6, 6.07) is 13.2. The smallest absolute Gasteiger partial charge is 0.375 e. The molecule has 0 radical (unpaired) electrons. The van der Waals surface area contributed by atoms with Crippen LogP contribution in [0.4, 0.5) is 11.4 Å². The van der Waals surface area contributed by atoms with Crippen LogP contribution in [0.15, 0.2) is 70.2 Å². The van der Waals surface area contributed by atoms with Gasteiger partial charge >= 0.3 is 5.97 Å². The highest BCUT2D eigenvalue weighted by molar-refractivity contribution is 7.90. The van der Waals surface area contributed by atoms with Crippen molar-refractivity contribution >= 4 is 33.1 Å². The summed E-state index contributed by atoms with van der Waals surface area (Å²) in [6.07, 6.45) is 1.15. The van der Waals surface area contributed by atoms with Gasteiger partial charge in [-0.2, -0.15) is 0 Å². The third-order valence-corrected chi connectivity index (χ3v) is 6.17. The standard InChI is InChI=1S/C21H18N2O8S/c1-14-17(8-5-9-18(14)23(26)27)22-19(24)12-31-21(25)20-15(10-11-30-20)13-32(28,29)16-6-3-2-4-7-16/h2-11H,12-13H2,1H3,(H,22,24). The lowest BCUT2D eigenvalue weighted by atomic mass is 10.1. The van der Waals surface area contributed by atoms with Crippen LogP contribution in [0, 0.1) is 17.0 Å². The zero-order valence-electron chi connectivity index (χ0n) is 16.8. The van der Waals surface area contributed by atoms with E-state index in [9.17, 15) is 28.1 Å². The van der Waals surface area contributed by atoms with Gasteiger partial charge in [-0.3, -0.25) is 14.9 Å². The largest absolute Gasteiger partial charge is 0.457 e. The van der Waals surface area contributed by atoms with E-state index in [0.717, 1.165) is 6.26 Å². The third-order valence-electron chi connectivity index (χ3n) is 4.49. The van der Waals surface area contributed by atoms with Crippen molar-refractivity contribution in [1.82, 2.24) is 0 Å². The highest BCUT2D eigenvalue weighted by Gasteiger charge is 2.24. The Labute approximate surface area is 182 Å². The van der Waals surface area contributed by atoms with Gasteiger partial charge in [-0.15, -0.1) is 0 Å². The van der Waals surface area contributed by atoms with Gasteiger partial charge in [0, 0.05) is 11.6 Å². The first kappa shape index (κ1) is 22.7. The van der Waals surface area contributed by atoms with Crippen molar-refractivity contribution < 1.29 is 32.1 Å². The lowest BCUT2D eigenvalue weighted by Gasteiger charge is -2.09. The maximum absolute atomic E-state index is 12.5. The summed E-state index contributed by atoms with van der Waals surface area (Å²) in [4.78, 5) is 35.0. The van der Waals surface area contributed by atoms with E-state index in [1.807, 2.05) is 0 Å².